The molecule has 2 saturated carbocycles. The first-order valence-corrected chi connectivity index (χ1v) is 18.2. The van der Waals surface area contributed by atoms with Crippen molar-refractivity contribution in [3.63, 3.8) is 0 Å². The van der Waals surface area contributed by atoms with Crippen molar-refractivity contribution in [3.05, 3.63) is 53.4 Å². The zero-order chi connectivity index (χ0) is 35.1. The van der Waals surface area contributed by atoms with Crippen molar-refractivity contribution in [2.45, 2.75) is 78.1 Å². The van der Waals surface area contributed by atoms with Crippen LogP contribution in [0.15, 0.2) is 12.1 Å². The lowest BCUT2D eigenvalue weighted by Gasteiger charge is -2.17. The Balaban J connectivity index is 1.47. The normalized spacial score (nSPS) is 15.4. The first-order chi connectivity index (χ1) is 22.8. The molecule has 48 heavy (non-hydrogen) atoms. The standard InChI is InChI=1S/C34H36Cl6O8/c1-3-17(13-19-5-6-19)9-11-45-31(41)25-27(39)21(35)15-23(37)29(25)47-33(43)34(44)48-30-24(38)16-22(36)28(40)26(30)32(42)46-12-10-18(4-2)14-20-7-8-20/h15-20H,3-14H2,1-2H3. The van der Waals surface area contributed by atoms with E-state index < -0.39 is 46.5 Å². The molecule has 2 atom stereocenters. The monoisotopic (exact) mass is 782 g/mol. The Morgan fingerprint density at radius 3 is 1.29 bits per heavy atom. The van der Waals surface area contributed by atoms with Crippen LogP contribution in [0.1, 0.15) is 98.8 Å². The highest BCUT2D eigenvalue weighted by molar-refractivity contribution is 6.47. The summed E-state index contributed by atoms with van der Waals surface area (Å²) in [6.07, 6.45) is 10.1. The molecule has 2 fully saturated rings. The van der Waals surface area contributed by atoms with Crippen LogP contribution in [0.2, 0.25) is 30.1 Å². The van der Waals surface area contributed by atoms with Gasteiger partial charge in [-0.15, -0.1) is 0 Å². The highest BCUT2D eigenvalue weighted by Gasteiger charge is 2.33. The summed E-state index contributed by atoms with van der Waals surface area (Å²) in [6.45, 7) is 4.31. The maximum Gasteiger partial charge on any atom is 0.423 e. The van der Waals surface area contributed by atoms with Gasteiger partial charge in [0.1, 0.15) is 11.1 Å². The summed E-state index contributed by atoms with van der Waals surface area (Å²) in [5.74, 6) is -4.12. The molecule has 2 aliphatic rings. The molecule has 0 saturated heterocycles. The lowest BCUT2D eigenvalue weighted by atomic mass is 9.96. The molecule has 0 amide bonds. The molecule has 0 aliphatic heterocycles. The molecule has 8 nitrogen and oxygen atoms in total. The molecule has 0 heterocycles. The molecule has 4 rings (SSSR count). The van der Waals surface area contributed by atoms with E-state index in [-0.39, 0.29) is 43.3 Å². The van der Waals surface area contributed by atoms with Crippen molar-refractivity contribution in [3.8, 4) is 11.5 Å². The van der Waals surface area contributed by atoms with Crippen LogP contribution < -0.4 is 9.47 Å². The molecule has 0 bridgehead atoms. The number of rotatable bonds is 16. The molecule has 2 aromatic rings. The maximum absolute atomic E-state index is 13.1. The van der Waals surface area contributed by atoms with Crippen LogP contribution >= 0.6 is 69.6 Å². The predicted molar refractivity (Wildman–Crippen MR) is 186 cm³/mol. The van der Waals surface area contributed by atoms with E-state index in [2.05, 4.69) is 13.8 Å². The molecular weight excluding hydrogens is 749 g/mol. The van der Waals surface area contributed by atoms with Crippen LogP contribution in [0.25, 0.3) is 0 Å². The summed E-state index contributed by atoms with van der Waals surface area (Å²) in [5.41, 5.74) is -0.899. The van der Waals surface area contributed by atoms with Crippen molar-refractivity contribution in [1.29, 1.82) is 0 Å². The minimum atomic E-state index is -1.63. The molecule has 262 valence electrons. The van der Waals surface area contributed by atoms with Crippen molar-refractivity contribution in [2.24, 2.45) is 23.7 Å². The number of ether oxygens (including phenoxy) is 4. The van der Waals surface area contributed by atoms with E-state index in [1.54, 1.807) is 0 Å². The average molecular weight is 785 g/mol. The Hall–Kier alpha value is -1.94. The molecule has 2 aromatic carbocycles. The van der Waals surface area contributed by atoms with Gasteiger partial charge in [0, 0.05) is 0 Å². The minimum absolute atomic E-state index is 0.0776. The van der Waals surface area contributed by atoms with Crippen molar-refractivity contribution in [2.75, 3.05) is 13.2 Å². The molecule has 0 spiro atoms. The Morgan fingerprint density at radius 2 is 0.979 bits per heavy atom. The molecule has 2 aliphatic carbocycles. The SMILES string of the molecule is CCC(CCOC(=O)c1c(Cl)c(Cl)cc(Cl)c1OC(=O)C(=O)Oc1c(Cl)cc(Cl)c(Cl)c1C(=O)OCCC(CC)CC1CC1)CC1CC1. The number of hydrogen-bond acceptors (Lipinski definition) is 8. The molecule has 14 heteroatoms. The Bertz CT molecular complexity index is 1420. The third-order valence-electron chi connectivity index (χ3n) is 8.62. The zero-order valence-corrected chi connectivity index (χ0v) is 31.0. The molecular formula is C34H36Cl6O8. The van der Waals surface area contributed by atoms with Gasteiger partial charge in [0.15, 0.2) is 11.5 Å². The Kier molecular flexibility index (Phi) is 14.4. The van der Waals surface area contributed by atoms with Crippen LogP contribution in [-0.4, -0.2) is 37.1 Å². The van der Waals surface area contributed by atoms with Gasteiger partial charge in [-0.3, -0.25) is 0 Å². The molecule has 0 aromatic heterocycles. The van der Waals surface area contributed by atoms with E-state index in [0.717, 1.165) is 37.8 Å². The van der Waals surface area contributed by atoms with Gasteiger partial charge in [0.05, 0.1) is 43.3 Å². The number of benzene rings is 2. The quantitative estimate of drug-likeness (QED) is 0.0717. The first-order valence-electron chi connectivity index (χ1n) is 16.0. The smallest absolute Gasteiger partial charge is 0.423 e. The number of halogens is 6. The summed E-state index contributed by atoms with van der Waals surface area (Å²) < 4.78 is 21.3. The van der Waals surface area contributed by atoms with E-state index in [4.69, 9.17) is 88.6 Å². The summed E-state index contributed by atoms with van der Waals surface area (Å²) >= 11 is 37.5. The van der Waals surface area contributed by atoms with E-state index in [1.807, 2.05) is 0 Å². The number of hydrogen-bond donors (Lipinski definition) is 0. The highest BCUT2D eigenvalue weighted by Crippen LogP contribution is 2.42. The Morgan fingerprint density at radius 1 is 0.625 bits per heavy atom. The van der Waals surface area contributed by atoms with E-state index in [1.165, 1.54) is 25.7 Å². The summed E-state index contributed by atoms with van der Waals surface area (Å²) in [7, 11) is 0. The maximum atomic E-state index is 13.1. The van der Waals surface area contributed by atoms with Gasteiger partial charge in [0.2, 0.25) is 0 Å². The van der Waals surface area contributed by atoms with Crippen LogP contribution in [0.5, 0.6) is 11.5 Å². The van der Waals surface area contributed by atoms with Crippen LogP contribution in [0.4, 0.5) is 0 Å². The lowest BCUT2D eigenvalue weighted by molar-refractivity contribution is -0.156. The third kappa shape index (κ3) is 10.5. The highest BCUT2D eigenvalue weighted by atomic mass is 35.5. The molecule has 2 unspecified atom stereocenters. The summed E-state index contributed by atoms with van der Waals surface area (Å²) in [4.78, 5) is 52.3. The van der Waals surface area contributed by atoms with E-state index >= 15 is 0 Å². The second kappa shape index (κ2) is 17.8. The van der Waals surface area contributed by atoms with Crippen LogP contribution in [0.3, 0.4) is 0 Å². The fourth-order valence-corrected chi connectivity index (χ4v) is 6.84. The van der Waals surface area contributed by atoms with E-state index in [0.29, 0.717) is 36.5 Å². The van der Waals surface area contributed by atoms with Gasteiger partial charge < -0.3 is 18.9 Å². The summed E-state index contributed by atoms with van der Waals surface area (Å²) in [5, 5.41) is -1.43. The fourth-order valence-electron chi connectivity index (χ4n) is 5.40. The number of esters is 4. The lowest BCUT2D eigenvalue weighted by Crippen LogP contribution is -2.27. The van der Waals surface area contributed by atoms with Gasteiger partial charge in [-0.25, -0.2) is 19.2 Å². The Labute approximate surface area is 309 Å². The molecule has 0 radical (unpaired) electrons. The minimum Gasteiger partial charge on any atom is -0.462 e. The topological polar surface area (TPSA) is 105 Å². The van der Waals surface area contributed by atoms with Gasteiger partial charge in [-0.2, -0.15) is 0 Å². The van der Waals surface area contributed by atoms with Gasteiger partial charge >= 0.3 is 23.9 Å². The van der Waals surface area contributed by atoms with Crippen LogP contribution in [0, 0.1) is 23.7 Å². The predicted octanol–water partition coefficient (Wildman–Crippen LogP) is 10.9. The fraction of sp³-hybridized carbons (Fsp3) is 0.529. The second-order valence-electron chi connectivity index (χ2n) is 12.3. The first kappa shape index (κ1) is 38.9. The van der Waals surface area contributed by atoms with Crippen molar-refractivity contribution < 1.29 is 38.1 Å². The van der Waals surface area contributed by atoms with Gasteiger partial charge in [-0.1, -0.05) is 122 Å². The van der Waals surface area contributed by atoms with Crippen LogP contribution in [-0.2, 0) is 19.1 Å². The van der Waals surface area contributed by atoms with E-state index in [9.17, 15) is 19.2 Å². The molecule has 0 N–H and O–H groups in total. The van der Waals surface area contributed by atoms with Crippen molar-refractivity contribution in [1.82, 2.24) is 0 Å². The number of carbonyl (C=O) groups excluding carboxylic acids is 4. The van der Waals surface area contributed by atoms with Gasteiger partial charge in [0.25, 0.3) is 0 Å². The van der Waals surface area contributed by atoms with Gasteiger partial charge in [-0.05, 0) is 61.5 Å². The van der Waals surface area contributed by atoms with Crippen molar-refractivity contribution >= 4 is 93.5 Å². The average Bonchev–Trinajstić information content (AvgIpc) is 3.98. The third-order valence-corrected chi connectivity index (χ3v) is 10.8. The number of carbonyl (C=O) groups is 4. The zero-order valence-electron chi connectivity index (χ0n) is 26.5. The second-order valence-corrected chi connectivity index (χ2v) is 14.6. The largest absolute Gasteiger partial charge is 0.462 e. The summed E-state index contributed by atoms with van der Waals surface area (Å²) in [6, 6.07) is 2.27.